The fraction of sp³-hybridized carbons (Fsp3) is 0.471. The van der Waals surface area contributed by atoms with Crippen LogP contribution >= 0.6 is 24.0 Å². The summed E-state index contributed by atoms with van der Waals surface area (Å²) in [4.78, 5) is 19.1. The Bertz CT molecular complexity index is 753. The molecule has 0 radical (unpaired) electrons. The smallest absolute Gasteiger partial charge is 0.274 e. The van der Waals surface area contributed by atoms with Gasteiger partial charge in [-0.25, -0.2) is 9.67 Å². The Hall–Kier alpha value is -1.63. The first-order valence-corrected chi connectivity index (χ1v) is 8.57. The van der Waals surface area contributed by atoms with Crippen LogP contribution in [-0.2, 0) is 0 Å². The summed E-state index contributed by atoms with van der Waals surface area (Å²) in [6, 6.07) is 5.45. The summed E-state index contributed by atoms with van der Waals surface area (Å²) in [5.41, 5.74) is 7.87. The van der Waals surface area contributed by atoms with E-state index in [0.29, 0.717) is 36.4 Å². The first-order chi connectivity index (χ1) is 11.5. The van der Waals surface area contributed by atoms with Gasteiger partial charge in [0, 0.05) is 18.8 Å². The number of halogens is 2. The van der Waals surface area contributed by atoms with Gasteiger partial charge in [-0.15, -0.1) is 12.4 Å². The summed E-state index contributed by atoms with van der Waals surface area (Å²) in [6.45, 7) is 5.95. The highest BCUT2D eigenvalue weighted by Gasteiger charge is 2.25. The molecule has 136 valence electrons. The summed E-state index contributed by atoms with van der Waals surface area (Å²) >= 11 is 6.24. The second kappa shape index (κ2) is 8.17. The third kappa shape index (κ3) is 4.14. The van der Waals surface area contributed by atoms with E-state index in [-0.39, 0.29) is 24.0 Å². The van der Waals surface area contributed by atoms with Crippen molar-refractivity contribution in [3.05, 3.63) is 40.3 Å². The van der Waals surface area contributed by atoms with Crippen LogP contribution in [0, 0.1) is 19.8 Å². The van der Waals surface area contributed by atoms with E-state index >= 15 is 0 Å². The van der Waals surface area contributed by atoms with Gasteiger partial charge >= 0.3 is 0 Å². The number of hydrogen-bond acceptors (Lipinski definition) is 4. The predicted molar refractivity (Wildman–Crippen MR) is 101 cm³/mol. The SMILES string of the molecule is Cc1cc(C)n(-c2ccc(Cl)c(C(=O)N3CCC(CN)CC3)n2)n1.Cl. The van der Waals surface area contributed by atoms with Crippen LogP contribution in [0.1, 0.15) is 34.7 Å². The van der Waals surface area contributed by atoms with Crippen LogP contribution in [0.2, 0.25) is 5.02 Å². The topological polar surface area (TPSA) is 77.0 Å². The highest BCUT2D eigenvalue weighted by Crippen LogP contribution is 2.22. The molecule has 0 bridgehead atoms. The van der Waals surface area contributed by atoms with Crippen molar-refractivity contribution < 1.29 is 4.79 Å². The Morgan fingerprint density at radius 3 is 2.56 bits per heavy atom. The Morgan fingerprint density at radius 2 is 2.00 bits per heavy atom. The molecule has 8 heteroatoms. The Morgan fingerprint density at radius 1 is 1.32 bits per heavy atom. The van der Waals surface area contributed by atoms with E-state index in [9.17, 15) is 4.79 Å². The largest absolute Gasteiger partial charge is 0.337 e. The van der Waals surface area contributed by atoms with E-state index < -0.39 is 0 Å². The molecule has 0 aliphatic carbocycles. The number of aryl methyl sites for hydroxylation is 2. The van der Waals surface area contributed by atoms with Gasteiger partial charge in [0.1, 0.15) is 5.69 Å². The van der Waals surface area contributed by atoms with Gasteiger partial charge in [-0.3, -0.25) is 4.79 Å². The number of aromatic nitrogens is 3. The third-order valence-corrected chi connectivity index (χ3v) is 4.80. The molecule has 0 saturated carbocycles. The molecule has 6 nitrogen and oxygen atoms in total. The first-order valence-electron chi connectivity index (χ1n) is 8.19. The van der Waals surface area contributed by atoms with Crippen molar-refractivity contribution in [1.29, 1.82) is 0 Å². The van der Waals surface area contributed by atoms with E-state index in [2.05, 4.69) is 10.1 Å². The summed E-state index contributed by atoms with van der Waals surface area (Å²) in [6.07, 6.45) is 1.86. The van der Waals surface area contributed by atoms with E-state index in [1.165, 1.54) is 0 Å². The third-order valence-electron chi connectivity index (χ3n) is 4.50. The Balaban J connectivity index is 0.00000225. The highest BCUT2D eigenvalue weighted by atomic mass is 35.5. The zero-order chi connectivity index (χ0) is 17.3. The number of pyridine rings is 1. The minimum absolute atomic E-state index is 0. The lowest BCUT2D eigenvalue weighted by Gasteiger charge is -2.31. The lowest BCUT2D eigenvalue weighted by atomic mass is 9.97. The quantitative estimate of drug-likeness (QED) is 0.883. The number of nitrogens with zero attached hydrogens (tertiary/aromatic N) is 4. The van der Waals surface area contributed by atoms with E-state index in [4.69, 9.17) is 17.3 Å². The zero-order valence-electron chi connectivity index (χ0n) is 14.4. The fourth-order valence-corrected chi connectivity index (χ4v) is 3.27. The van der Waals surface area contributed by atoms with Crippen molar-refractivity contribution in [1.82, 2.24) is 19.7 Å². The highest BCUT2D eigenvalue weighted by molar-refractivity contribution is 6.33. The molecule has 1 aliphatic heterocycles. The number of piperidine rings is 1. The maximum absolute atomic E-state index is 12.8. The molecule has 0 unspecified atom stereocenters. The van der Waals surface area contributed by atoms with Gasteiger partial charge in [-0.05, 0) is 57.4 Å². The predicted octanol–water partition coefficient (Wildman–Crippen LogP) is 2.77. The molecule has 25 heavy (non-hydrogen) atoms. The van der Waals surface area contributed by atoms with Crippen molar-refractivity contribution in [2.45, 2.75) is 26.7 Å². The van der Waals surface area contributed by atoms with Crippen LogP contribution in [0.3, 0.4) is 0 Å². The standard InChI is InChI=1S/C17H22ClN5O.ClH/c1-11-9-12(2)23(21-11)15-4-3-14(18)16(20-15)17(24)22-7-5-13(10-19)6-8-22;/h3-4,9,13H,5-8,10,19H2,1-2H3;1H. The van der Waals surface area contributed by atoms with Gasteiger partial charge in [-0.1, -0.05) is 11.6 Å². The minimum atomic E-state index is -0.126. The molecule has 2 aromatic heterocycles. The Labute approximate surface area is 158 Å². The maximum atomic E-state index is 12.8. The van der Waals surface area contributed by atoms with Crippen LogP contribution in [0.5, 0.6) is 0 Å². The summed E-state index contributed by atoms with van der Waals surface area (Å²) < 4.78 is 1.73. The second-order valence-electron chi connectivity index (χ2n) is 6.31. The van der Waals surface area contributed by atoms with Crippen molar-refractivity contribution in [3.8, 4) is 5.82 Å². The molecule has 1 fully saturated rings. The number of rotatable bonds is 3. The van der Waals surface area contributed by atoms with E-state index in [1.807, 2.05) is 24.8 Å². The van der Waals surface area contributed by atoms with E-state index in [0.717, 1.165) is 24.2 Å². The molecule has 0 spiro atoms. The van der Waals surface area contributed by atoms with Crippen LogP contribution in [0.15, 0.2) is 18.2 Å². The lowest BCUT2D eigenvalue weighted by Crippen LogP contribution is -2.40. The molecule has 1 amide bonds. The van der Waals surface area contributed by atoms with Crippen molar-refractivity contribution >= 4 is 29.9 Å². The van der Waals surface area contributed by atoms with E-state index in [1.54, 1.807) is 16.8 Å². The molecule has 1 aliphatic rings. The number of amides is 1. The van der Waals surface area contributed by atoms with Crippen molar-refractivity contribution in [2.24, 2.45) is 11.7 Å². The fourth-order valence-electron chi connectivity index (χ4n) is 3.08. The number of likely N-dealkylation sites (tertiary alicyclic amines) is 1. The van der Waals surface area contributed by atoms with Gasteiger partial charge in [0.15, 0.2) is 5.82 Å². The molecular weight excluding hydrogens is 361 g/mol. The van der Waals surface area contributed by atoms with Crippen molar-refractivity contribution in [3.63, 3.8) is 0 Å². The van der Waals surface area contributed by atoms with Gasteiger partial charge in [0.2, 0.25) is 0 Å². The van der Waals surface area contributed by atoms with Crippen LogP contribution in [0.25, 0.3) is 5.82 Å². The van der Waals surface area contributed by atoms with Gasteiger partial charge in [-0.2, -0.15) is 5.10 Å². The molecule has 0 atom stereocenters. The van der Waals surface area contributed by atoms with Crippen molar-refractivity contribution in [2.75, 3.05) is 19.6 Å². The maximum Gasteiger partial charge on any atom is 0.274 e. The number of nitrogens with two attached hydrogens (primary N) is 1. The summed E-state index contributed by atoms with van der Waals surface area (Å²) in [7, 11) is 0. The molecule has 0 aromatic carbocycles. The number of carbonyl (C=O) groups is 1. The molecule has 3 heterocycles. The van der Waals surface area contributed by atoms with Crippen LogP contribution in [0.4, 0.5) is 0 Å². The normalized spacial score (nSPS) is 15.1. The molecule has 3 rings (SSSR count). The van der Waals surface area contributed by atoms with Gasteiger partial charge in [0.05, 0.1) is 10.7 Å². The molecular formula is C17H23Cl2N5O. The van der Waals surface area contributed by atoms with Gasteiger partial charge in [0.25, 0.3) is 5.91 Å². The summed E-state index contributed by atoms with van der Waals surface area (Å²) in [5.74, 6) is 0.975. The zero-order valence-corrected chi connectivity index (χ0v) is 16.0. The minimum Gasteiger partial charge on any atom is -0.337 e. The Kier molecular flexibility index (Phi) is 6.43. The van der Waals surface area contributed by atoms with Crippen LogP contribution in [-0.4, -0.2) is 45.2 Å². The van der Waals surface area contributed by atoms with Gasteiger partial charge < -0.3 is 10.6 Å². The number of carbonyl (C=O) groups excluding carboxylic acids is 1. The number of hydrogen-bond donors (Lipinski definition) is 1. The summed E-state index contributed by atoms with van der Waals surface area (Å²) in [5, 5.41) is 4.78. The monoisotopic (exact) mass is 383 g/mol. The average Bonchev–Trinajstić information content (AvgIpc) is 2.93. The lowest BCUT2D eigenvalue weighted by molar-refractivity contribution is 0.0687. The first kappa shape index (κ1) is 19.7. The molecule has 2 N–H and O–H groups in total. The second-order valence-corrected chi connectivity index (χ2v) is 6.72. The van der Waals surface area contributed by atoms with Crippen LogP contribution < -0.4 is 5.73 Å². The molecule has 2 aromatic rings. The average molecular weight is 384 g/mol. The molecule has 1 saturated heterocycles.